The zero-order valence-electron chi connectivity index (χ0n) is 15.6. The predicted molar refractivity (Wildman–Crippen MR) is 107 cm³/mol. The van der Waals surface area contributed by atoms with Gasteiger partial charge in [0.15, 0.2) is 17.5 Å². The minimum Gasteiger partial charge on any atom is -0.454 e. The molecule has 1 heterocycles. The molecule has 0 aromatic heterocycles. The Morgan fingerprint density at radius 3 is 2.71 bits per heavy atom. The molecule has 150 valence electrons. The van der Waals surface area contributed by atoms with Crippen LogP contribution >= 0.6 is 0 Å². The summed E-state index contributed by atoms with van der Waals surface area (Å²) >= 11 is 0. The predicted octanol–water partition coefficient (Wildman–Crippen LogP) is 1.36. The Kier molecular flexibility index (Phi) is 6.37. The van der Waals surface area contributed by atoms with E-state index in [0.717, 1.165) is 29.0 Å². The van der Waals surface area contributed by atoms with Crippen molar-refractivity contribution >= 4 is 16.0 Å². The van der Waals surface area contributed by atoms with Gasteiger partial charge in [-0.2, -0.15) is 0 Å². The van der Waals surface area contributed by atoms with Crippen LogP contribution in [-0.4, -0.2) is 34.3 Å². The topological polar surface area (TPSA) is 115 Å². The Bertz CT molecular complexity index is 960. The van der Waals surface area contributed by atoms with Crippen LogP contribution in [0.15, 0.2) is 52.4 Å². The molecule has 28 heavy (non-hydrogen) atoms. The maximum absolute atomic E-state index is 11.5. The van der Waals surface area contributed by atoms with Gasteiger partial charge in [0.25, 0.3) is 0 Å². The van der Waals surface area contributed by atoms with E-state index < -0.39 is 10.0 Å². The molecule has 0 bridgehead atoms. The van der Waals surface area contributed by atoms with E-state index in [-0.39, 0.29) is 11.7 Å². The number of sulfonamides is 1. The van der Waals surface area contributed by atoms with Gasteiger partial charge < -0.3 is 20.1 Å². The van der Waals surface area contributed by atoms with Gasteiger partial charge in [0, 0.05) is 13.1 Å². The average Bonchev–Trinajstić information content (AvgIpc) is 3.13. The van der Waals surface area contributed by atoms with Crippen molar-refractivity contribution in [2.45, 2.75) is 24.8 Å². The smallest absolute Gasteiger partial charge is 0.238 e. The molecule has 0 saturated heterocycles. The summed E-state index contributed by atoms with van der Waals surface area (Å²) in [4.78, 5) is 4.59. The molecular weight excluding hydrogens is 380 g/mol. The fraction of sp³-hybridized carbons (Fsp3) is 0.316. The fourth-order valence-corrected chi connectivity index (χ4v) is 3.34. The Balaban J connectivity index is 1.58. The van der Waals surface area contributed by atoms with Crippen molar-refractivity contribution in [1.82, 2.24) is 10.6 Å². The quantitative estimate of drug-likeness (QED) is 0.474. The van der Waals surface area contributed by atoms with E-state index in [2.05, 4.69) is 15.6 Å². The summed E-state index contributed by atoms with van der Waals surface area (Å²) < 4.78 is 33.7. The number of nitrogens with one attached hydrogen (secondary N) is 2. The van der Waals surface area contributed by atoms with Crippen LogP contribution in [0.2, 0.25) is 0 Å². The van der Waals surface area contributed by atoms with Crippen LogP contribution in [0.4, 0.5) is 0 Å². The highest BCUT2D eigenvalue weighted by Gasteiger charge is 2.13. The number of nitrogens with zero attached hydrogens (tertiary/aromatic N) is 1. The second-order valence-corrected chi connectivity index (χ2v) is 7.81. The molecule has 0 unspecified atom stereocenters. The average molecular weight is 404 g/mol. The molecule has 9 heteroatoms. The Morgan fingerprint density at radius 2 is 1.93 bits per heavy atom. The standard InChI is InChI=1S/C19H24N4O4S/c1-2-21-19(23-12-15-4-3-5-16(10-15)28(20,24)25)22-9-8-14-6-7-17-18(11-14)27-13-26-17/h3-7,10-11H,2,8-9,12-13H2,1H3,(H2,20,24,25)(H2,21,22,23). The molecule has 2 aromatic rings. The molecule has 0 radical (unpaired) electrons. The summed E-state index contributed by atoms with van der Waals surface area (Å²) in [7, 11) is -3.72. The van der Waals surface area contributed by atoms with Crippen LogP contribution in [0.25, 0.3) is 0 Å². The van der Waals surface area contributed by atoms with E-state index in [9.17, 15) is 8.42 Å². The highest BCUT2D eigenvalue weighted by Crippen LogP contribution is 2.32. The lowest BCUT2D eigenvalue weighted by Gasteiger charge is -2.12. The number of ether oxygens (including phenoxy) is 2. The Hall–Kier alpha value is -2.78. The third-order valence-corrected chi connectivity index (χ3v) is 5.05. The van der Waals surface area contributed by atoms with E-state index in [4.69, 9.17) is 14.6 Å². The summed E-state index contributed by atoms with van der Waals surface area (Å²) in [6.45, 7) is 3.98. The van der Waals surface area contributed by atoms with Crippen LogP contribution in [0.3, 0.4) is 0 Å². The number of primary sulfonamides is 1. The number of rotatable bonds is 7. The van der Waals surface area contributed by atoms with Crippen LogP contribution in [0.5, 0.6) is 11.5 Å². The van der Waals surface area contributed by atoms with Gasteiger partial charge in [0.2, 0.25) is 16.8 Å². The van der Waals surface area contributed by atoms with Crippen molar-refractivity contribution in [1.29, 1.82) is 0 Å². The molecule has 0 spiro atoms. The number of hydrogen-bond donors (Lipinski definition) is 3. The fourth-order valence-electron chi connectivity index (χ4n) is 2.75. The first-order valence-corrected chi connectivity index (χ1v) is 10.5. The highest BCUT2D eigenvalue weighted by molar-refractivity contribution is 7.89. The summed E-state index contributed by atoms with van der Waals surface area (Å²) in [5, 5.41) is 11.6. The molecule has 1 aliphatic heterocycles. The highest BCUT2D eigenvalue weighted by atomic mass is 32.2. The van der Waals surface area contributed by atoms with Gasteiger partial charge >= 0.3 is 0 Å². The molecule has 3 rings (SSSR count). The minimum absolute atomic E-state index is 0.0842. The lowest BCUT2D eigenvalue weighted by Crippen LogP contribution is -2.38. The van der Waals surface area contributed by atoms with E-state index >= 15 is 0 Å². The zero-order chi connectivity index (χ0) is 20.0. The van der Waals surface area contributed by atoms with Crippen molar-refractivity contribution in [3.8, 4) is 11.5 Å². The van der Waals surface area contributed by atoms with Crippen LogP contribution in [-0.2, 0) is 23.0 Å². The second kappa shape index (κ2) is 8.94. The number of fused-ring (bicyclic) bond motifs is 1. The SMILES string of the molecule is CCNC(=NCc1cccc(S(N)(=O)=O)c1)NCCc1ccc2c(c1)OCO2. The molecule has 0 amide bonds. The molecule has 8 nitrogen and oxygen atoms in total. The third kappa shape index (κ3) is 5.37. The first kappa shape index (κ1) is 20.0. The van der Waals surface area contributed by atoms with Crippen LogP contribution in [0, 0.1) is 0 Å². The normalized spacial score (nSPS) is 13.4. The van der Waals surface area contributed by atoms with Gasteiger partial charge in [-0.3, -0.25) is 0 Å². The molecule has 4 N–H and O–H groups in total. The minimum atomic E-state index is -3.72. The molecule has 0 atom stereocenters. The van der Waals surface area contributed by atoms with E-state index in [1.54, 1.807) is 6.07 Å². The second-order valence-electron chi connectivity index (χ2n) is 6.25. The molecule has 2 aromatic carbocycles. The molecular formula is C19H24N4O4S. The molecule has 0 fully saturated rings. The van der Waals surface area contributed by atoms with Crippen molar-refractivity contribution in [3.63, 3.8) is 0 Å². The molecule has 0 saturated carbocycles. The van der Waals surface area contributed by atoms with Crippen molar-refractivity contribution in [2.24, 2.45) is 10.1 Å². The number of hydrogen-bond acceptors (Lipinski definition) is 5. The molecule has 0 aliphatic carbocycles. The van der Waals surface area contributed by atoms with Gasteiger partial charge in [-0.25, -0.2) is 18.5 Å². The van der Waals surface area contributed by atoms with Gasteiger partial charge in [-0.05, 0) is 48.7 Å². The molecule has 1 aliphatic rings. The number of nitrogens with two attached hydrogens (primary N) is 1. The third-order valence-electron chi connectivity index (χ3n) is 4.13. The number of guanidine groups is 1. The summed E-state index contributed by atoms with van der Waals surface area (Å²) in [6, 6.07) is 12.4. The lowest BCUT2D eigenvalue weighted by molar-refractivity contribution is 0.174. The van der Waals surface area contributed by atoms with Gasteiger partial charge in [-0.15, -0.1) is 0 Å². The van der Waals surface area contributed by atoms with Gasteiger partial charge in [0.05, 0.1) is 11.4 Å². The van der Waals surface area contributed by atoms with Crippen LogP contribution in [0.1, 0.15) is 18.1 Å². The maximum atomic E-state index is 11.5. The van der Waals surface area contributed by atoms with Crippen molar-refractivity contribution in [2.75, 3.05) is 19.9 Å². The number of aliphatic imine (C=N–C) groups is 1. The van der Waals surface area contributed by atoms with Gasteiger partial charge in [0.1, 0.15) is 0 Å². The van der Waals surface area contributed by atoms with Crippen molar-refractivity contribution in [3.05, 3.63) is 53.6 Å². The Morgan fingerprint density at radius 1 is 1.11 bits per heavy atom. The van der Waals surface area contributed by atoms with E-state index in [1.165, 1.54) is 12.1 Å². The lowest BCUT2D eigenvalue weighted by atomic mass is 10.1. The first-order valence-electron chi connectivity index (χ1n) is 8.98. The van der Waals surface area contributed by atoms with Gasteiger partial charge in [-0.1, -0.05) is 18.2 Å². The maximum Gasteiger partial charge on any atom is 0.238 e. The summed E-state index contributed by atoms with van der Waals surface area (Å²) in [5.41, 5.74) is 1.90. The largest absolute Gasteiger partial charge is 0.454 e. The first-order chi connectivity index (χ1) is 13.5. The monoisotopic (exact) mass is 404 g/mol. The summed E-state index contributed by atoms with van der Waals surface area (Å²) in [5.74, 6) is 2.20. The van der Waals surface area contributed by atoms with Crippen LogP contribution < -0.4 is 25.2 Å². The zero-order valence-corrected chi connectivity index (χ0v) is 16.5. The van der Waals surface area contributed by atoms with Crippen molar-refractivity contribution < 1.29 is 17.9 Å². The number of benzene rings is 2. The summed E-state index contributed by atoms with van der Waals surface area (Å²) in [6.07, 6.45) is 0.794. The van der Waals surface area contributed by atoms with E-state index in [1.807, 2.05) is 31.2 Å². The van der Waals surface area contributed by atoms with E-state index in [0.29, 0.717) is 25.6 Å². The Labute approximate surface area is 164 Å².